The molecule has 1 aromatic rings. The van der Waals surface area contributed by atoms with Gasteiger partial charge in [0.15, 0.2) is 0 Å². The minimum Gasteiger partial charge on any atom is -0.508 e. The Hall–Kier alpha value is -1.54. The van der Waals surface area contributed by atoms with Crippen molar-refractivity contribution >= 4 is 5.57 Å². The van der Waals surface area contributed by atoms with Crippen LogP contribution in [0.15, 0.2) is 34.9 Å². The highest BCUT2D eigenvalue weighted by Crippen LogP contribution is 2.57. The Morgan fingerprint density at radius 1 is 1.14 bits per heavy atom. The third-order valence-electron chi connectivity index (χ3n) is 5.85. The van der Waals surface area contributed by atoms with E-state index in [0.717, 1.165) is 32.1 Å². The molecule has 4 rings (SSSR count). The second kappa shape index (κ2) is 4.23. The van der Waals surface area contributed by atoms with Crippen LogP contribution in [0.25, 0.3) is 5.57 Å². The van der Waals surface area contributed by atoms with Crippen molar-refractivity contribution in [3.63, 3.8) is 0 Å². The van der Waals surface area contributed by atoms with Crippen molar-refractivity contribution in [3.05, 3.63) is 46.0 Å². The van der Waals surface area contributed by atoms with E-state index in [-0.39, 0.29) is 11.5 Å². The number of phenolic OH excluding ortho intramolecular Hbond substituents is 1. The molecule has 21 heavy (non-hydrogen) atoms. The normalized spacial score (nSPS) is 31.1. The van der Waals surface area contributed by atoms with Crippen molar-refractivity contribution < 1.29 is 10.2 Å². The lowest BCUT2D eigenvalue weighted by atomic mass is 9.64. The maximum Gasteiger partial charge on any atom is 0.115 e. The zero-order valence-electron chi connectivity index (χ0n) is 12.7. The van der Waals surface area contributed by atoms with Gasteiger partial charge in [-0.2, -0.15) is 0 Å². The molecular formula is C19H22O2. The first-order valence-electron chi connectivity index (χ1n) is 7.93. The minimum atomic E-state index is -0.220. The number of benzene rings is 1. The van der Waals surface area contributed by atoms with E-state index in [0.29, 0.717) is 5.75 Å². The van der Waals surface area contributed by atoms with Crippen LogP contribution >= 0.6 is 0 Å². The number of hydrogen-bond donors (Lipinski definition) is 2. The summed E-state index contributed by atoms with van der Waals surface area (Å²) in [7, 11) is 0. The summed E-state index contributed by atoms with van der Waals surface area (Å²) in [6.07, 6.45) is 4.71. The second-order valence-electron chi connectivity index (χ2n) is 7.09. The first kappa shape index (κ1) is 13.1. The standard InChI is InChI=1S/C19H22O2/c1-11-9-17(21)19(2)8-7-15-14-6-4-13(20)10-12(14)3-5-16(15)18(11)19/h4,6,10,17,20-21H,3,5,7-9H2,1-2H3/t17-,19-/m1/s1. The van der Waals surface area contributed by atoms with E-state index in [1.54, 1.807) is 6.07 Å². The quantitative estimate of drug-likeness (QED) is 0.756. The Balaban J connectivity index is 1.91. The molecule has 3 aliphatic rings. The van der Waals surface area contributed by atoms with Gasteiger partial charge in [-0.15, -0.1) is 0 Å². The lowest BCUT2D eigenvalue weighted by Gasteiger charge is -2.41. The van der Waals surface area contributed by atoms with Crippen molar-refractivity contribution in [2.24, 2.45) is 5.41 Å². The van der Waals surface area contributed by atoms with Gasteiger partial charge in [-0.1, -0.05) is 18.6 Å². The topological polar surface area (TPSA) is 40.5 Å². The summed E-state index contributed by atoms with van der Waals surface area (Å²) in [6, 6.07) is 5.79. The van der Waals surface area contributed by atoms with Crippen molar-refractivity contribution in [3.8, 4) is 5.75 Å². The Kier molecular flexibility index (Phi) is 2.65. The number of aliphatic hydroxyl groups is 1. The molecule has 0 fully saturated rings. The fourth-order valence-electron chi connectivity index (χ4n) is 4.77. The Morgan fingerprint density at radius 2 is 1.95 bits per heavy atom. The Bertz CT molecular complexity index is 696. The lowest BCUT2D eigenvalue weighted by Crippen LogP contribution is -2.33. The monoisotopic (exact) mass is 282 g/mol. The molecule has 0 aromatic heterocycles. The first-order chi connectivity index (χ1) is 10.0. The van der Waals surface area contributed by atoms with E-state index in [4.69, 9.17) is 0 Å². The molecule has 0 bridgehead atoms. The average Bonchev–Trinajstić information content (AvgIpc) is 2.68. The van der Waals surface area contributed by atoms with Gasteiger partial charge in [0.2, 0.25) is 0 Å². The summed E-state index contributed by atoms with van der Waals surface area (Å²) in [5, 5.41) is 20.2. The number of phenols is 1. The largest absolute Gasteiger partial charge is 0.508 e. The molecule has 0 unspecified atom stereocenters. The SMILES string of the molecule is CC1=C2C3=C(CC[C@]2(C)[C@H](O)C1)c1ccc(O)cc1CC3. The smallest absolute Gasteiger partial charge is 0.115 e. The minimum absolute atomic E-state index is 0.0443. The molecule has 3 aliphatic carbocycles. The number of fused-ring (bicyclic) bond motifs is 4. The van der Waals surface area contributed by atoms with Gasteiger partial charge in [0.25, 0.3) is 0 Å². The van der Waals surface area contributed by atoms with Crippen LogP contribution < -0.4 is 0 Å². The van der Waals surface area contributed by atoms with Gasteiger partial charge in [-0.05, 0) is 79.0 Å². The number of aliphatic hydroxyl groups excluding tert-OH is 1. The maximum absolute atomic E-state index is 10.5. The third-order valence-corrected chi connectivity index (χ3v) is 5.85. The average molecular weight is 282 g/mol. The van der Waals surface area contributed by atoms with Gasteiger partial charge in [0.05, 0.1) is 6.10 Å². The van der Waals surface area contributed by atoms with Crippen LogP contribution in [0.4, 0.5) is 0 Å². The summed E-state index contributed by atoms with van der Waals surface area (Å²) in [4.78, 5) is 0. The highest BCUT2D eigenvalue weighted by molar-refractivity contribution is 5.79. The molecule has 0 saturated carbocycles. The van der Waals surface area contributed by atoms with Crippen LogP contribution in [-0.4, -0.2) is 16.3 Å². The van der Waals surface area contributed by atoms with Crippen molar-refractivity contribution in [2.45, 2.75) is 52.1 Å². The molecule has 1 aromatic carbocycles. The van der Waals surface area contributed by atoms with E-state index in [1.165, 1.54) is 33.4 Å². The molecule has 0 heterocycles. The number of hydrogen-bond acceptors (Lipinski definition) is 2. The number of aryl methyl sites for hydroxylation is 1. The molecule has 2 N–H and O–H groups in total. The van der Waals surface area contributed by atoms with E-state index >= 15 is 0 Å². The highest BCUT2D eigenvalue weighted by Gasteiger charge is 2.47. The molecule has 0 spiro atoms. The highest BCUT2D eigenvalue weighted by atomic mass is 16.3. The summed E-state index contributed by atoms with van der Waals surface area (Å²) < 4.78 is 0. The summed E-state index contributed by atoms with van der Waals surface area (Å²) in [6.45, 7) is 4.42. The summed E-state index contributed by atoms with van der Waals surface area (Å²) in [5.41, 5.74) is 8.30. The summed E-state index contributed by atoms with van der Waals surface area (Å²) >= 11 is 0. The third kappa shape index (κ3) is 1.69. The molecule has 2 heteroatoms. The van der Waals surface area contributed by atoms with Crippen LogP contribution in [0.3, 0.4) is 0 Å². The van der Waals surface area contributed by atoms with Crippen LogP contribution in [0.2, 0.25) is 0 Å². The fourth-order valence-corrected chi connectivity index (χ4v) is 4.77. The predicted molar refractivity (Wildman–Crippen MR) is 84.0 cm³/mol. The molecule has 0 amide bonds. The van der Waals surface area contributed by atoms with Crippen molar-refractivity contribution in [1.82, 2.24) is 0 Å². The van der Waals surface area contributed by atoms with Crippen LogP contribution in [-0.2, 0) is 6.42 Å². The van der Waals surface area contributed by atoms with Gasteiger partial charge >= 0.3 is 0 Å². The molecule has 2 nitrogen and oxygen atoms in total. The van der Waals surface area contributed by atoms with Gasteiger partial charge in [-0.25, -0.2) is 0 Å². The van der Waals surface area contributed by atoms with Crippen molar-refractivity contribution in [2.75, 3.05) is 0 Å². The van der Waals surface area contributed by atoms with E-state index in [1.807, 2.05) is 6.07 Å². The van der Waals surface area contributed by atoms with E-state index < -0.39 is 0 Å². The molecular weight excluding hydrogens is 260 g/mol. The van der Waals surface area contributed by atoms with Gasteiger partial charge in [0.1, 0.15) is 5.75 Å². The predicted octanol–water partition coefficient (Wildman–Crippen LogP) is 3.97. The first-order valence-corrected chi connectivity index (χ1v) is 7.93. The number of allylic oxidation sites excluding steroid dienone is 2. The Morgan fingerprint density at radius 3 is 2.76 bits per heavy atom. The second-order valence-corrected chi connectivity index (χ2v) is 7.09. The zero-order valence-corrected chi connectivity index (χ0v) is 12.7. The fraction of sp³-hybridized carbons (Fsp3) is 0.474. The molecule has 110 valence electrons. The molecule has 0 saturated heterocycles. The lowest BCUT2D eigenvalue weighted by molar-refractivity contribution is 0.0723. The Labute approximate surface area is 125 Å². The van der Waals surface area contributed by atoms with Crippen LogP contribution in [0.5, 0.6) is 5.75 Å². The zero-order chi connectivity index (χ0) is 14.8. The molecule has 0 aliphatic heterocycles. The number of aromatic hydroxyl groups is 1. The van der Waals surface area contributed by atoms with E-state index in [2.05, 4.69) is 19.9 Å². The molecule has 2 atom stereocenters. The van der Waals surface area contributed by atoms with Crippen molar-refractivity contribution in [1.29, 1.82) is 0 Å². The van der Waals surface area contributed by atoms with Crippen LogP contribution in [0, 0.1) is 5.41 Å². The van der Waals surface area contributed by atoms with E-state index in [9.17, 15) is 10.2 Å². The van der Waals surface area contributed by atoms with Gasteiger partial charge < -0.3 is 10.2 Å². The number of rotatable bonds is 0. The van der Waals surface area contributed by atoms with Gasteiger partial charge in [0, 0.05) is 5.41 Å². The van der Waals surface area contributed by atoms with Gasteiger partial charge in [-0.3, -0.25) is 0 Å². The van der Waals surface area contributed by atoms with Crippen LogP contribution in [0.1, 0.15) is 50.7 Å². The maximum atomic E-state index is 10.5. The molecule has 0 radical (unpaired) electrons. The summed E-state index contributed by atoms with van der Waals surface area (Å²) in [5.74, 6) is 0.366.